The molecule has 0 aromatic heterocycles. The van der Waals surface area contributed by atoms with E-state index in [9.17, 15) is 9.59 Å². The fraction of sp³-hybridized carbons (Fsp3) is 0.300. The highest BCUT2D eigenvalue weighted by molar-refractivity contribution is 6.30. The maximum absolute atomic E-state index is 12.3. The second-order valence-electron chi connectivity index (χ2n) is 5.93. The van der Waals surface area contributed by atoms with Gasteiger partial charge in [0.25, 0.3) is 0 Å². The molecule has 1 aliphatic heterocycles. The minimum absolute atomic E-state index is 0.0217. The molecule has 0 N–H and O–H groups in total. The van der Waals surface area contributed by atoms with Gasteiger partial charge in [0.2, 0.25) is 0 Å². The van der Waals surface area contributed by atoms with Gasteiger partial charge in [-0.2, -0.15) is 0 Å². The Bertz CT molecular complexity index is 803. The number of benzene rings is 2. The van der Waals surface area contributed by atoms with Gasteiger partial charge < -0.3 is 14.2 Å². The molecule has 3 rings (SSSR count). The molecule has 0 aliphatic carbocycles. The summed E-state index contributed by atoms with van der Waals surface area (Å²) in [5, 5.41) is 0.586. The van der Waals surface area contributed by atoms with Crippen LogP contribution in [0.5, 0.6) is 11.5 Å². The molecule has 0 unspecified atom stereocenters. The first kappa shape index (κ1) is 18.3. The van der Waals surface area contributed by atoms with Gasteiger partial charge in [0.05, 0.1) is 19.6 Å². The fourth-order valence-corrected chi connectivity index (χ4v) is 2.77. The Morgan fingerprint density at radius 1 is 1.00 bits per heavy atom. The quantitative estimate of drug-likeness (QED) is 0.560. The van der Waals surface area contributed by atoms with E-state index in [0.29, 0.717) is 35.3 Å². The van der Waals surface area contributed by atoms with Crippen molar-refractivity contribution in [3.05, 3.63) is 58.6 Å². The standard InChI is InChI=1S/C20H19ClO5/c21-16-4-1-3-14(11-16)13-26-20(23)8-6-17(22)15-5-7-18-19(12-15)25-10-2-9-24-18/h1,3-5,7,11-12H,2,6,8-10,13H2. The van der Waals surface area contributed by atoms with Crippen LogP contribution in [0, 0.1) is 0 Å². The Morgan fingerprint density at radius 2 is 1.81 bits per heavy atom. The van der Waals surface area contributed by atoms with Crippen molar-refractivity contribution in [3.8, 4) is 11.5 Å². The molecule has 136 valence electrons. The average Bonchev–Trinajstić information content (AvgIpc) is 2.89. The van der Waals surface area contributed by atoms with Crippen molar-refractivity contribution in [1.29, 1.82) is 0 Å². The number of esters is 1. The van der Waals surface area contributed by atoms with E-state index in [2.05, 4.69) is 0 Å². The number of carbonyl (C=O) groups is 2. The third kappa shape index (κ3) is 4.99. The zero-order valence-corrected chi connectivity index (χ0v) is 15.0. The molecule has 0 spiro atoms. The lowest BCUT2D eigenvalue weighted by molar-refractivity contribution is -0.144. The molecular weight excluding hydrogens is 356 g/mol. The summed E-state index contributed by atoms with van der Waals surface area (Å²) in [7, 11) is 0. The van der Waals surface area contributed by atoms with Crippen LogP contribution in [-0.4, -0.2) is 25.0 Å². The third-order valence-electron chi connectivity index (χ3n) is 3.91. The van der Waals surface area contributed by atoms with E-state index < -0.39 is 5.97 Å². The van der Waals surface area contributed by atoms with Gasteiger partial charge in [-0.25, -0.2) is 0 Å². The topological polar surface area (TPSA) is 61.8 Å². The molecule has 0 saturated carbocycles. The summed E-state index contributed by atoms with van der Waals surface area (Å²) >= 11 is 5.89. The van der Waals surface area contributed by atoms with Gasteiger partial charge in [-0.1, -0.05) is 23.7 Å². The molecule has 0 saturated heterocycles. The lowest BCUT2D eigenvalue weighted by atomic mass is 10.1. The highest BCUT2D eigenvalue weighted by Gasteiger charge is 2.15. The van der Waals surface area contributed by atoms with Crippen molar-refractivity contribution in [3.63, 3.8) is 0 Å². The fourth-order valence-electron chi connectivity index (χ4n) is 2.56. The van der Waals surface area contributed by atoms with Crippen LogP contribution in [-0.2, 0) is 16.1 Å². The Balaban J connectivity index is 1.50. The maximum atomic E-state index is 12.3. The largest absolute Gasteiger partial charge is 0.490 e. The van der Waals surface area contributed by atoms with Crippen LogP contribution < -0.4 is 9.47 Å². The molecule has 0 bridgehead atoms. The average molecular weight is 375 g/mol. The lowest BCUT2D eigenvalue weighted by Crippen LogP contribution is -2.08. The summed E-state index contributed by atoms with van der Waals surface area (Å²) in [6.45, 7) is 1.29. The zero-order valence-electron chi connectivity index (χ0n) is 14.2. The highest BCUT2D eigenvalue weighted by Crippen LogP contribution is 2.30. The van der Waals surface area contributed by atoms with E-state index in [1.165, 1.54) is 0 Å². The van der Waals surface area contributed by atoms with Crippen molar-refractivity contribution in [1.82, 2.24) is 0 Å². The van der Waals surface area contributed by atoms with Crippen LogP contribution in [0.15, 0.2) is 42.5 Å². The van der Waals surface area contributed by atoms with E-state index >= 15 is 0 Å². The number of rotatable bonds is 6. The second-order valence-corrected chi connectivity index (χ2v) is 6.36. The molecule has 6 heteroatoms. The van der Waals surface area contributed by atoms with E-state index in [1.54, 1.807) is 36.4 Å². The van der Waals surface area contributed by atoms with Gasteiger partial charge in [-0.05, 0) is 35.9 Å². The highest BCUT2D eigenvalue weighted by atomic mass is 35.5. The van der Waals surface area contributed by atoms with Crippen molar-refractivity contribution >= 4 is 23.4 Å². The van der Waals surface area contributed by atoms with Gasteiger partial charge in [0, 0.05) is 23.4 Å². The van der Waals surface area contributed by atoms with Crippen LogP contribution in [0.3, 0.4) is 0 Å². The van der Waals surface area contributed by atoms with Crippen LogP contribution >= 0.6 is 11.6 Å². The maximum Gasteiger partial charge on any atom is 0.306 e. The molecular formula is C20H19ClO5. The number of Topliss-reactive ketones (excluding diaryl/α,β-unsaturated/α-hetero) is 1. The molecule has 0 radical (unpaired) electrons. The minimum atomic E-state index is -0.423. The smallest absolute Gasteiger partial charge is 0.306 e. The number of ether oxygens (including phenoxy) is 3. The minimum Gasteiger partial charge on any atom is -0.490 e. The van der Waals surface area contributed by atoms with Gasteiger partial charge in [-0.3, -0.25) is 9.59 Å². The molecule has 26 heavy (non-hydrogen) atoms. The molecule has 1 heterocycles. The van der Waals surface area contributed by atoms with E-state index in [1.807, 2.05) is 6.07 Å². The van der Waals surface area contributed by atoms with Crippen molar-refractivity contribution < 1.29 is 23.8 Å². The van der Waals surface area contributed by atoms with Crippen LogP contribution in [0.25, 0.3) is 0 Å². The van der Waals surface area contributed by atoms with E-state index in [-0.39, 0.29) is 25.2 Å². The molecule has 5 nitrogen and oxygen atoms in total. The van der Waals surface area contributed by atoms with Crippen molar-refractivity contribution in [2.45, 2.75) is 25.9 Å². The number of ketones is 1. The Labute approximate surface area is 156 Å². The lowest BCUT2D eigenvalue weighted by Gasteiger charge is -2.09. The molecule has 1 aliphatic rings. The van der Waals surface area contributed by atoms with Gasteiger partial charge in [0.15, 0.2) is 17.3 Å². The van der Waals surface area contributed by atoms with E-state index in [4.69, 9.17) is 25.8 Å². The van der Waals surface area contributed by atoms with Crippen LogP contribution in [0.2, 0.25) is 5.02 Å². The first-order chi connectivity index (χ1) is 12.6. The SMILES string of the molecule is O=C(CCC(=O)c1ccc2c(c1)OCCCO2)OCc1cccc(Cl)c1. The number of hydrogen-bond acceptors (Lipinski definition) is 5. The monoisotopic (exact) mass is 374 g/mol. The summed E-state index contributed by atoms with van der Waals surface area (Å²) < 4.78 is 16.3. The number of hydrogen-bond donors (Lipinski definition) is 0. The Hall–Kier alpha value is -2.53. The predicted octanol–water partition coefficient (Wildman–Crippen LogP) is 4.21. The number of fused-ring (bicyclic) bond motifs is 1. The summed E-state index contributed by atoms with van der Waals surface area (Å²) in [5.74, 6) is 0.643. The first-order valence-corrected chi connectivity index (χ1v) is 8.82. The zero-order chi connectivity index (χ0) is 18.4. The summed E-state index contributed by atoms with van der Waals surface area (Å²) in [6, 6.07) is 12.2. The van der Waals surface area contributed by atoms with E-state index in [0.717, 1.165) is 12.0 Å². The van der Waals surface area contributed by atoms with Gasteiger partial charge >= 0.3 is 5.97 Å². The molecule has 0 amide bonds. The molecule has 2 aromatic rings. The van der Waals surface area contributed by atoms with Crippen molar-refractivity contribution in [2.24, 2.45) is 0 Å². The Kier molecular flexibility index (Phi) is 6.12. The van der Waals surface area contributed by atoms with Gasteiger partial charge in [0.1, 0.15) is 6.61 Å². The Morgan fingerprint density at radius 3 is 2.62 bits per heavy atom. The first-order valence-electron chi connectivity index (χ1n) is 8.45. The molecule has 0 atom stereocenters. The van der Waals surface area contributed by atoms with Gasteiger partial charge in [-0.15, -0.1) is 0 Å². The number of halogens is 1. The van der Waals surface area contributed by atoms with Crippen LogP contribution in [0.4, 0.5) is 0 Å². The summed E-state index contributed by atoms with van der Waals surface area (Å²) in [4.78, 5) is 24.2. The van der Waals surface area contributed by atoms with Crippen LogP contribution in [0.1, 0.15) is 35.2 Å². The number of carbonyl (C=O) groups excluding carboxylic acids is 2. The van der Waals surface area contributed by atoms with Crippen molar-refractivity contribution in [2.75, 3.05) is 13.2 Å². The third-order valence-corrected chi connectivity index (χ3v) is 4.15. The predicted molar refractivity (Wildman–Crippen MR) is 96.9 cm³/mol. The molecule has 0 fully saturated rings. The normalized spacial score (nSPS) is 13.0. The summed E-state index contributed by atoms with van der Waals surface area (Å²) in [5.41, 5.74) is 1.30. The molecule has 2 aromatic carbocycles. The second kappa shape index (κ2) is 8.72. The summed E-state index contributed by atoms with van der Waals surface area (Å²) in [6.07, 6.45) is 0.901.